The van der Waals surface area contributed by atoms with E-state index in [-0.39, 0.29) is 17.0 Å². The average Bonchev–Trinajstić information content (AvgIpc) is 2.40. The van der Waals surface area contributed by atoms with Crippen LogP contribution in [0.3, 0.4) is 0 Å². The SMILES string of the molecule is CCOc1ccc(S(=O)(=O)N2CC[C@@H](N)C[C@H]2C)cc1Br. The van der Waals surface area contributed by atoms with Gasteiger partial charge in [-0.2, -0.15) is 4.31 Å². The summed E-state index contributed by atoms with van der Waals surface area (Å²) in [5.41, 5.74) is 5.90. The highest BCUT2D eigenvalue weighted by molar-refractivity contribution is 9.10. The first-order valence-electron chi connectivity index (χ1n) is 7.06. The molecular weight excluding hydrogens is 356 g/mol. The number of ether oxygens (including phenoxy) is 1. The monoisotopic (exact) mass is 376 g/mol. The molecule has 0 aromatic heterocycles. The van der Waals surface area contributed by atoms with E-state index in [2.05, 4.69) is 15.9 Å². The molecule has 1 aliphatic heterocycles. The minimum atomic E-state index is -3.50. The van der Waals surface area contributed by atoms with Crippen molar-refractivity contribution in [1.82, 2.24) is 4.31 Å². The Kier molecular flexibility index (Phi) is 5.29. The van der Waals surface area contributed by atoms with Crippen molar-refractivity contribution in [1.29, 1.82) is 0 Å². The van der Waals surface area contributed by atoms with Gasteiger partial charge >= 0.3 is 0 Å². The van der Waals surface area contributed by atoms with Gasteiger partial charge in [0.25, 0.3) is 0 Å². The van der Waals surface area contributed by atoms with E-state index in [4.69, 9.17) is 10.5 Å². The predicted molar refractivity (Wildman–Crippen MR) is 85.9 cm³/mol. The molecule has 1 saturated heterocycles. The van der Waals surface area contributed by atoms with Gasteiger partial charge in [0.05, 0.1) is 16.0 Å². The van der Waals surface area contributed by atoms with Gasteiger partial charge in [0, 0.05) is 18.6 Å². The number of nitrogens with zero attached hydrogens (tertiary/aromatic N) is 1. The van der Waals surface area contributed by atoms with E-state index < -0.39 is 10.0 Å². The molecule has 118 valence electrons. The quantitative estimate of drug-likeness (QED) is 0.874. The van der Waals surface area contributed by atoms with E-state index in [0.717, 1.165) is 0 Å². The third-order valence-corrected chi connectivity index (χ3v) is 6.29. The Morgan fingerprint density at radius 2 is 2.19 bits per heavy atom. The molecular formula is C14H21BrN2O3S. The highest BCUT2D eigenvalue weighted by atomic mass is 79.9. The first-order chi connectivity index (χ1) is 9.86. The third kappa shape index (κ3) is 3.59. The van der Waals surface area contributed by atoms with Crippen LogP contribution in [-0.2, 0) is 10.0 Å². The van der Waals surface area contributed by atoms with Crippen molar-refractivity contribution in [2.75, 3.05) is 13.2 Å². The van der Waals surface area contributed by atoms with Gasteiger partial charge < -0.3 is 10.5 Å². The molecule has 1 aliphatic rings. The third-order valence-electron chi connectivity index (χ3n) is 3.67. The highest BCUT2D eigenvalue weighted by Crippen LogP contribution is 2.31. The van der Waals surface area contributed by atoms with Crippen LogP contribution in [0.15, 0.2) is 27.6 Å². The highest BCUT2D eigenvalue weighted by Gasteiger charge is 2.33. The second kappa shape index (κ2) is 6.64. The summed E-state index contributed by atoms with van der Waals surface area (Å²) in [5, 5.41) is 0. The Morgan fingerprint density at radius 3 is 2.76 bits per heavy atom. The maximum absolute atomic E-state index is 12.7. The fraction of sp³-hybridized carbons (Fsp3) is 0.571. The lowest BCUT2D eigenvalue weighted by Gasteiger charge is -2.35. The van der Waals surface area contributed by atoms with Crippen LogP contribution in [-0.4, -0.2) is 38.0 Å². The van der Waals surface area contributed by atoms with Gasteiger partial charge in [0.2, 0.25) is 10.0 Å². The predicted octanol–water partition coefficient (Wildman–Crippen LogP) is 2.35. The maximum atomic E-state index is 12.7. The normalized spacial score (nSPS) is 24.0. The average molecular weight is 377 g/mol. The lowest BCUT2D eigenvalue weighted by molar-refractivity contribution is 0.247. The Bertz CT molecular complexity index is 606. The standard InChI is InChI=1S/C14H21BrN2O3S/c1-3-20-14-5-4-12(9-13(14)15)21(18,19)17-7-6-11(16)8-10(17)2/h4-5,9-11H,3,6-8,16H2,1-2H3/t10-,11-/m1/s1. The second-order valence-corrected chi connectivity index (χ2v) is 8.02. The van der Waals surface area contributed by atoms with Gasteiger partial charge in [-0.1, -0.05) is 0 Å². The molecule has 0 spiro atoms. The van der Waals surface area contributed by atoms with E-state index in [1.165, 1.54) is 0 Å². The topological polar surface area (TPSA) is 72.6 Å². The summed E-state index contributed by atoms with van der Waals surface area (Å²) in [4.78, 5) is 0.278. The molecule has 7 heteroatoms. The van der Waals surface area contributed by atoms with Gasteiger partial charge in [-0.25, -0.2) is 8.42 Å². The van der Waals surface area contributed by atoms with Crippen molar-refractivity contribution in [3.05, 3.63) is 22.7 Å². The molecule has 5 nitrogen and oxygen atoms in total. The molecule has 0 radical (unpaired) electrons. The van der Waals surface area contributed by atoms with Crippen molar-refractivity contribution >= 4 is 26.0 Å². The molecule has 1 aromatic carbocycles. The number of nitrogens with two attached hydrogens (primary N) is 1. The molecule has 1 fully saturated rings. The number of rotatable bonds is 4. The molecule has 0 saturated carbocycles. The van der Waals surface area contributed by atoms with Crippen molar-refractivity contribution in [2.24, 2.45) is 5.73 Å². The van der Waals surface area contributed by atoms with Gasteiger partial charge in [-0.3, -0.25) is 0 Å². The van der Waals surface area contributed by atoms with E-state index in [1.54, 1.807) is 22.5 Å². The lowest BCUT2D eigenvalue weighted by atomic mass is 10.0. The molecule has 0 amide bonds. The van der Waals surface area contributed by atoms with E-state index in [0.29, 0.717) is 36.2 Å². The van der Waals surface area contributed by atoms with E-state index in [9.17, 15) is 8.42 Å². The zero-order valence-corrected chi connectivity index (χ0v) is 14.7. The zero-order valence-electron chi connectivity index (χ0n) is 12.3. The van der Waals surface area contributed by atoms with Crippen molar-refractivity contribution in [3.8, 4) is 5.75 Å². The zero-order chi connectivity index (χ0) is 15.6. The van der Waals surface area contributed by atoms with Crippen molar-refractivity contribution < 1.29 is 13.2 Å². The number of hydrogen-bond acceptors (Lipinski definition) is 4. The Morgan fingerprint density at radius 1 is 1.48 bits per heavy atom. The smallest absolute Gasteiger partial charge is 0.243 e. The van der Waals surface area contributed by atoms with Crippen molar-refractivity contribution in [2.45, 2.75) is 43.7 Å². The van der Waals surface area contributed by atoms with Crippen LogP contribution >= 0.6 is 15.9 Å². The van der Waals surface area contributed by atoms with Crippen molar-refractivity contribution in [3.63, 3.8) is 0 Å². The molecule has 2 N–H and O–H groups in total. The maximum Gasteiger partial charge on any atom is 0.243 e. The van der Waals surface area contributed by atoms with Crippen LogP contribution in [0.5, 0.6) is 5.75 Å². The summed E-state index contributed by atoms with van der Waals surface area (Å²) in [6.45, 7) is 4.79. The van der Waals surface area contributed by atoms with Crippen LogP contribution in [0, 0.1) is 0 Å². The fourth-order valence-corrected chi connectivity index (χ4v) is 4.92. The Hall–Kier alpha value is -0.630. The largest absolute Gasteiger partial charge is 0.493 e. The summed E-state index contributed by atoms with van der Waals surface area (Å²) in [7, 11) is -3.50. The molecule has 21 heavy (non-hydrogen) atoms. The van der Waals surface area contributed by atoms with Gasteiger partial charge in [0.15, 0.2) is 0 Å². The molecule has 0 aliphatic carbocycles. The first-order valence-corrected chi connectivity index (χ1v) is 9.29. The number of benzene rings is 1. The van der Waals surface area contributed by atoms with Crippen LogP contribution in [0.2, 0.25) is 0 Å². The Labute approximate surface area is 134 Å². The van der Waals surface area contributed by atoms with E-state index in [1.807, 2.05) is 13.8 Å². The minimum absolute atomic E-state index is 0.0795. The number of sulfonamides is 1. The first kappa shape index (κ1) is 16.7. The summed E-state index contributed by atoms with van der Waals surface area (Å²) < 4.78 is 33.1. The number of hydrogen-bond donors (Lipinski definition) is 1. The van der Waals surface area contributed by atoms with Gasteiger partial charge in [0.1, 0.15) is 5.75 Å². The number of halogens is 1. The number of piperidine rings is 1. The molecule has 2 atom stereocenters. The molecule has 0 bridgehead atoms. The summed E-state index contributed by atoms with van der Waals surface area (Å²) in [5.74, 6) is 0.644. The molecule has 1 heterocycles. The van der Waals surface area contributed by atoms with Crippen LogP contribution in [0.1, 0.15) is 26.7 Å². The van der Waals surface area contributed by atoms with Crippen LogP contribution < -0.4 is 10.5 Å². The fourth-order valence-electron chi connectivity index (χ4n) is 2.59. The summed E-state index contributed by atoms with van der Waals surface area (Å²) >= 11 is 3.36. The van der Waals surface area contributed by atoms with Gasteiger partial charge in [-0.15, -0.1) is 0 Å². The lowest BCUT2D eigenvalue weighted by Crippen LogP contribution is -2.48. The van der Waals surface area contributed by atoms with E-state index >= 15 is 0 Å². The van der Waals surface area contributed by atoms with Gasteiger partial charge in [-0.05, 0) is 60.8 Å². The van der Waals surface area contributed by atoms with Crippen LogP contribution in [0.25, 0.3) is 0 Å². The molecule has 2 rings (SSSR count). The minimum Gasteiger partial charge on any atom is -0.493 e. The second-order valence-electron chi connectivity index (χ2n) is 5.27. The summed E-state index contributed by atoms with van der Waals surface area (Å²) in [6, 6.07) is 4.87. The summed E-state index contributed by atoms with van der Waals surface area (Å²) in [6.07, 6.45) is 1.39. The Balaban J connectivity index is 2.29. The van der Waals surface area contributed by atoms with Crippen LogP contribution in [0.4, 0.5) is 0 Å². The molecule has 1 aromatic rings. The molecule has 0 unspecified atom stereocenters.